The van der Waals surface area contributed by atoms with Crippen molar-refractivity contribution in [3.63, 3.8) is 0 Å². The number of para-hydroxylation sites is 2. The number of halogens is 1. The Kier molecular flexibility index (Phi) is 4.81. The predicted molar refractivity (Wildman–Crippen MR) is 109 cm³/mol. The highest BCUT2D eigenvalue weighted by atomic mass is 32.1. The largest absolute Gasteiger partial charge is 0.495 e. The molecule has 0 fully saturated rings. The first-order valence-corrected chi connectivity index (χ1v) is 9.20. The summed E-state index contributed by atoms with van der Waals surface area (Å²) in [5, 5.41) is 3.82. The van der Waals surface area contributed by atoms with Crippen LogP contribution in [0.1, 0.15) is 17.3 Å². The molecule has 1 aromatic heterocycles. The van der Waals surface area contributed by atoms with Crippen molar-refractivity contribution in [3.8, 4) is 5.75 Å². The average Bonchev–Trinajstić information content (AvgIpc) is 3.17. The van der Waals surface area contributed by atoms with Gasteiger partial charge in [-0.05, 0) is 42.5 Å². The molecule has 1 atom stereocenters. The number of nitrogens with zero attached hydrogens (tertiary/aromatic N) is 2. The Morgan fingerprint density at radius 1 is 1.07 bits per heavy atom. The third kappa shape index (κ3) is 3.28. The molecular weight excluding hydrogens is 361 g/mol. The van der Waals surface area contributed by atoms with Crippen LogP contribution in [0.2, 0.25) is 0 Å². The molecule has 0 radical (unpaired) electrons. The van der Waals surface area contributed by atoms with Gasteiger partial charge in [-0.2, -0.15) is 0 Å². The fourth-order valence-electron chi connectivity index (χ4n) is 3.56. The van der Waals surface area contributed by atoms with E-state index in [0.29, 0.717) is 23.0 Å². The zero-order valence-electron chi connectivity index (χ0n) is 14.9. The molecule has 1 N–H and O–H groups in total. The topological polar surface area (TPSA) is 29.4 Å². The van der Waals surface area contributed by atoms with Crippen LogP contribution in [-0.4, -0.2) is 28.2 Å². The van der Waals surface area contributed by atoms with E-state index in [1.807, 2.05) is 59.6 Å². The highest BCUT2D eigenvalue weighted by molar-refractivity contribution is 7.80. The minimum absolute atomic E-state index is 0.234. The molecule has 0 aliphatic carbocycles. The number of rotatable bonds is 3. The molecular formula is C21H20FN3OS. The van der Waals surface area contributed by atoms with Crippen LogP contribution in [0, 0.1) is 5.82 Å². The van der Waals surface area contributed by atoms with Crippen molar-refractivity contribution in [2.45, 2.75) is 12.6 Å². The van der Waals surface area contributed by atoms with Crippen molar-refractivity contribution in [2.75, 3.05) is 19.0 Å². The Bertz CT molecular complexity index is 971. The summed E-state index contributed by atoms with van der Waals surface area (Å²) < 4.78 is 22.2. The molecule has 0 unspecified atom stereocenters. The average molecular weight is 381 g/mol. The van der Waals surface area contributed by atoms with Gasteiger partial charge in [0, 0.05) is 30.5 Å². The summed E-state index contributed by atoms with van der Waals surface area (Å²) >= 11 is 5.71. The molecule has 4 nitrogen and oxygen atoms in total. The second-order valence-electron chi connectivity index (χ2n) is 6.37. The monoisotopic (exact) mass is 381 g/mol. The molecule has 2 aromatic carbocycles. The van der Waals surface area contributed by atoms with Crippen LogP contribution in [0.15, 0.2) is 66.9 Å². The van der Waals surface area contributed by atoms with E-state index < -0.39 is 0 Å². The van der Waals surface area contributed by atoms with Gasteiger partial charge in [-0.1, -0.05) is 30.3 Å². The van der Waals surface area contributed by atoms with E-state index in [0.717, 1.165) is 17.9 Å². The second-order valence-corrected chi connectivity index (χ2v) is 6.76. The Labute approximate surface area is 163 Å². The number of hydrogen-bond donors (Lipinski definition) is 1. The number of benzene rings is 2. The number of thiocarbonyl (C=S) groups is 1. The molecule has 0 amide bonds. The summed E-state index contributed by atoms with van der Waals surface area (Å²) in [5.74, 6) is 0.477. The molecule has 0 bridgehead atoms. The van der Waals surface area contributed by atoms with Crippen LogP contribution in [0.25, 0.3) is 0 Å². The first-order valence-electron chi connectivity index (χ1n) is 8.79. The standard InChI is InChI=1S/C21H20FN3OS/c1-26-19-11-5-4-9-17(19)23-21(27)25-14-13-24-12-6-10-18(24)20(25)15-7-2-3-8-16(15)22/h2-12,20H,13-14H2,1H3,(H,23,27)/t20-/m1/s1. The van der Waals surface area contributed by atoms with Crippen LogP contribution < -0.4 is 10.1 Å². The summed E-state index contributed by atoms with van der Waals surface area (Å²) in [4.78, 5) is 2.04. The van der Waals surface area contributed by atoms with Gasteiger partial charge in [-0.15, -0.1) is 0 Å². The van der Waals surface area contributed by atoms with Gasteiger partial charge >= 0.3 is 0 Å². The van der Waals surface area contributed by atoms with E-state index in [-0.39, 0.29) is 11.9 Å². The van der Waals surface area contributed by atoms with E-state index in [1.165, 1.54) is 6.07 Å². The molecule has 0 spiro atoms. The van der Waals surface area contributed by atoms with Gasteiger partial charge in [-0.25, -0.2) is 4.39 Å². The molecule has 6 heteroatoms. The first kappa shape index (κ1) is 17.5. The fourth-order valence-corrected chi connectivity index (χ4v) is 3.87. The van der Waals surface area contributed by atoms with Crippen molar-refractivity contribution in [1.29, 1.82) is 0 Å². The van der Waals surface area contributed by atoms with E-state index in [2.05, 4.69) is 9.88 Å². The maximum absolute atomic E-state index is 14.6. The van der Waals surface area contributed by atoms with Crippen molar-refractivity contribution < 1.29 is 9.13 Å². The van der Waals surface area contributed by atoms with Gasteiger partial charge in [0.2, 0.25) is 0 Å². The molecule has 138 valence electrons. The SMILES string of the molecule is COc1ccccc1NC(=S)N1CCn2cccc2[C@H]1c1ccccc1F. The van der Waals surface area contributed by atoms with Crippen LogP contribution in [0.5, 0.6) is 5.75 Å². The highest BCUT2D eigenvalue weighted by Crippen LogP contribution is 2.34. The Morgan fingerprint density at radius 2 is 1.85 bits per heavy atom. The number of ether oxygens (including phenoxy) is 1. The van der Waals surface area contributed by atoms with Crippen molar-refractivity contribution >= 4 is 23.0 Å². The van der Waals surface area contributed by atoms with Crippen molar-refractivity contribution in [1.82, 2.24) is 9.47 Å². The zero-order chi connectivity index (χ0) is 18.8. The lowest BCUT2D eigenvalue weighted by atomic mass is 10.00. The summed E-state index contributed by atoms with van der Waals surface area (Å²) in [5.41, 5.74) is 2.43. The van der Waals surface area contributed by atoms with Crippen molar-refractivity contribution in [2.24, 2.45) is 0 Å². The minimum Gasteiger partial charge on any atom is -0.495 e. The highest BCUT2D eigenvalue weighted by Gasteiger charge is 2.32. The number of fused-ring (bicyclic) bond motifs is 1. The maximum Gasteiger partial charge on any atom is 0.174 e. The van der Waals surface area contributed by atoms with Gasteiger partial charge in [0.25, 0.3) is 0 Å². The smallest absolute Gasteiger partial charge is 0.174 e. The molecule has 4 rings (SSSR count). The lowest BCUT2D eigenvalue weighted by Crippen LogP contribution is -2.44. The van der Waals surface area contributed by atoms with E-state index in [9.17, 15) is 4.39 Å². The zero-order valence-corrected chi connectivity index (χ0v) is 15.7. The Morgan fingerprint density at radius 3 is 2.67 bits per heavy atom. The van der Waals surface area contributed by atoms with Crippen LogP contribution >= 0.6 is 12.2 Å². The van der Waals surface area contributed by atoms with Gasteiger partial charge in [0.1, 0.15) is 11.6 Å². The number of nitrogens with one attached hydrogen (secondary N) is 1. The molecule has 1 aliphatic rings. The molecule has 3 aromatic rings. The van der Waals surface area contributed by atoms with Crippen LogP contribution in [0.4, 0.5) is 10.1 Å². The Hall–Kier alpha value is -2.86. The van der Waals surface area contributed by atoms with Crippen molar-refractivity contribution in [3.05, 3.63) is 83.9 Å². The summed E-state index contributed by atoms with van der Waals surface area (Å²) in [6.07, 6.45) is 2.03. The fraction of sp³-hybridized carbons (Fsp3) is 0.190. The molecule has 27 heavy (non-hydrogen) atoms. The van der Waals surface area contributed by atoms with Crippen LogP contribution in [-0.2, 0) is 6.54 Å². The normalized spacial score (nSPS) is 15.9. The molecule has 0 saturated heterocycles. The lowest BCUT2D eigenvalue weighted by Gasteiger charge is -2.39. The number of methoxy groups -OCH3 is 1. The third-order valence-electron chi connectivity index (χ3n) is 4.85. The predicted octanol–water partition coefficient (Wildman–Crippen LogP) is 4.44. The lowest BCUT2D eigenvalue weighted by molar-refractivity contribution is 0.287. The maximum atomic E-state index is 14.6. The molecule has 0 saturated carbocycles. The summed E-state index contributed by atoms with van der Waals surface area (Å²) in [6.45, 7) is 1.47. The number of anilines is 1. The van der Waals surface area contributed by atoms with Gasteiger partial charge < -0.3 is 19.5 Å². The molecule has 1 aliphatic heterocycles. The summed E-state index contributed by atoms with van der Waals surface area (Å²) in [6, 6.07) is 18.2. The second kappa shape index (κ2) is 7.40. The summed E-state index contributed by atoms with van der Waals surface area (Å²) in [7, 11) is 1.62. The van der Waals surface area contributed by atoms with E-state index in [1.54, 1.807) is 13.2 Å². The quantitative estimate of drug-likeness (QED) is 0.680. The van der Waals surface area contributed by atoms with E-state index >= 15 is 0 Å². The van der Waals surface area contributed by atoms with Gasteiger partial charge in [0.05, 0.1) is 18.8 Å². The molecule has 2 heterocycles. The third-order valence-corrected chi connectivity index (χ3v) is 5.18. The first-order chi connectivity index (χ1) is 13.2. The van der Waals surface area contributed by atoms with Crippen LogP contribution in [0.3, 0.4) is 0 Å². The Balaban J connectivity index is 1.70. The number of aromatic nitrogens is 1. The minimum atomic E-state index is -0.287. The van der Waals surface area contributed by atoms with Gasteiger partial charge in [0.15, 0.2) is 5.11 Å². The number of hydrogen-bond acceptors (Lipinski definition) is 2. The van der Waals surface area contributed by atoms with Gasteiger partial charge in [-0.3, -0.25) is 0 Å². The van der Waals surface area contributed by atoms with E-state index in [4.69, 9.17) is 17.0 Å².